The predicted molar refractivity (Wildman–Crippen MR) is 119 cm³/mol. The first-order valence-electron chi connectivity index (χ1n) is 9.69. The Balaban J connectivity index is 1.79. The summed E-state index contributed by atoms with van der Waals surface area (Å²) in [6.45, 7) is 4.75. The summed E-state index contributed by atoms with van der Waals surface area (Å²) in [7, 11) is -3.75. The van der Waals surface area contributed by atoms with Crippen LogP contribution in [0.15, 0.2) is 48.5 Å². The van der Waals surface area contributed by atoms with Gasteiger partial charge in [0, 0.05) is 30.6 Å². The van der Waals surface area contributed by atoms with E-state index in [1.807, 2.05) is 62.4 Å². The van der Waals surface area contributed by atoms with Crippen molar-refractivity contribution in [1.29, 1.82) is 0 Å². The topological polar surface area (TPSA) is 57.7 Å². The molecule has 1 aliphatic heterocycles. The standard InChI is InChI=1S/C22H24N2O3S2/c1-16-7-9-18(10-8-16)15-24(29(26,27)23-13-11-19(25)12-14-23)22-17(2)20-5-3-4-6-21(20)28-22/h3-10H,11-15H2,1-2H3. The highest BCUT2D eigenvalue weighted by Gasteiger charge is 2.34. The quantitative estimate of drug-likeness (QED) is 0.604. The van der Waals surface area contributed by atoms with E-state index in [-0.39, 0.29) is 38.3 Å². The molecule has 5 nitrogen and oxygen atoms in total. The number of hydrogen-bond donors (Lipinski definition) is 0. The van der Waals surface area contributed by atoms with Crippen LogP contribution >= 0.6 is 11.3 Å². The molecule has 0 unspecified atom stereocenters. The Kier molecular flexibility index (Phi) is 5.46. The summed E-state index contributed by atoms with van der Waals surface area (Å²) in [4.78, 5) is 11.6. The highest BCUT2D eigenvalue weighted by molar-refractivity contribution is 7.90. The molecule has 1 aromatic heterocycles. The van der Waals surface area contributed by atoms with Gasteiger partial charge in [-0.1, -0.05) is 48.0 Å². The zero-order valence-corrected chi connectivity index (χ0v) is 18.2. The molecule has 2 heterocycles. The fraction of sp³-hybridized carbons (Fsp3) is 0.318. The lowest BCUT2D eigenvalue weighted by molar-refractivity contribution is -0.120. The molecule has 0 radical (unpaired) electrons. The molecule has 0 atom stereocenters. The molecule has 1 saturated heterocycles. The largest absolute Gasteiger partial charge is 0.305 e. The Morgan fingerprint density at radius 1 is 1.00 bits per heavy atom. The number of benzene rings is 2. The molecule has 0 spiro atoms. The first-order valence-corrected chi connectivity index (χ1v) is 11.9. The zero-order valence-electron chi connectivity index (χ0n) is 16.6. The van der Waals surface area contributed by atoms with E-state index >= 15 is 0 Å². The summed E-state index contributed by atoms with van der Waals surface area (Å²) in [6.07, 6.45) is 0.562. The van der Waals surface area contributed by atoms with Crippen molar-refractivity contribution in [2.45, 2.75) is 33.2 Å². The summed E-state index contributed by atoms with van der Waals surface area (Å²) >= 11 is 1.50. The van der Waals surface area contributed by atoms with Crippen LogP contribution in [-0.4, -0.2) is 31.6 Å². The van der Waals surface area contributed by atoms with Gasteiger partial charge in [-0.2, -0.15) is 12.7 Å². The third-order valence-electron chi connectivity index (χ3n) is 5.38. The molecular weight excluding hydrogens is 404 g/mol. The van der Waals surface area contributed by atoms with Gasteiger partial charge in [0.2, 0.25) is 0 Å². The van der Waals surface area contributed by atoms with Gasteiger partial charge in [0.25, 0.3) is 0 Å². The van der Waals surface area contributed by atoms with E-state index in [1.165, 1.54) is 19.9 Å². The van der Waals surface area contributed by atoms with Crippen molar-refractivity contribution in [1.82, 2.24) is 4.31 Å². The van der Waals surface area contributed by atoms with Crippen molar-refractivity contribution in [3.05, 3.63) is 65.2 Å². The number of carbonyl (C=O) groups is 1. The molecule has 0 saturated carbocycles. The van der Waals surface area contributed by atoms with Gasteiger partial charge in [-0.15, -0.1) is 11.3 Å². The van der Waals surface area contributed by atoms with Crippen molar-refractivity contribution in [2.75, 3.05) is 17.4 Å². The van der Waals surface area contributed by atoms with Gasteiger partial charge < -0.3 is 0 Å². The maximum absolute atomic E-state index is 13.6. The number of ketones is 1. The van der Waals surface area contributed by atoms with Crippen molar-refractivity contribution in [3.8, 4) is 0 Å². The van der Waals surface area contributed by atoms with E-state index in [4.69, 9.17) is 0 Å². The number of fused-ring (bicyclic) bond motifs is 1. The maximum atomic E-state index is 13.6. The minimum atomic E-state index is -3.75. The van der Waals surface area contributed by atoms with Gasteiger partial charge in [-0.3, -0.25) is 4.79 Å². The monoisotopic (exact) mass is 428 g/mol. The maximum Gasteiger partial charge on any atom is 0.305 e. The molecule has 1 aliphatic rings. The van der Waals surface area contributed by atoms with E-state index in [0.29, 0.717) is 0 Å². The van der Waals surface area contributed by atoms with Crippen molar-refractivity contribution < 1.29 is 13.2 Å². The smallest absolute Gasteiger partial charge is 0.300 e. The SMILES string of the molecule is Cc1ccc(CN(c2sc3ccccc3c2C)S(=O)(=O)N2CCC(=O)CC2)cc1. The van der Waals surface area contributed by atoms with E-state index in [0.717, 1.165) is 31.8 Å². The lowest BCUT2D eigenvalue weighted by Gasteiger charge is -2.32. The van der Waals surface area contributed by atoms with Crippen LogP contribution in [0.1, 0.15) is 29.5 Å². The second-order valence-electron chi connectivity index (χ2n) is 7.47. The Labute approximate surface area is 175 Å². The number of nitrogens with zero attached hydrogens (tertiary/aromatic N) is 2. The number of rotatable bonds is 5. The predicted octanol–water partition coefficient (Wildman–Crippen LogP) is 4.43. The number of Topliss-reactive ketones (excluding diaryl/α,β-unsaturated/α-hetero) is 1. The summed E-state index contributed by atoms with van der Waals surface area (Å²) in [6, 6.07) is 15.9. The fourth-order valence-electron chi connectivity index (χ4n) is 3.62. The number of carbonyl (C=O) groups excluding carboxylic acids is 1. The van der Waals surface area contributed by atoms with Crippen LogP contribution in [0.2, 0.25) is 0 Å². The third kappa shape index (κ3) is 3.95. The van der Waals surface area contributed by atoms with Crippen molar-refractivity contribution >= 4 is 42.4 Å². The van der Waals surface area contributed by atoms with Crippen LogP contribution in [0.4, 0.5) is 5.00 Å². The van der Waals surface area contributed by atoms with Gasteiger partial charge in [0.05, 0.1) is 6.54 Å². The minimum Gasteiger partial charge on any atom is -0.300 e. The summed E-state index contributed by atoms with van der Waals surface area (Å²) < 4.78 is 31.3. The van der Waals surface area contributed by atoms with Crippen molar-refractivity contribution in [3.63, 3.8) is 0 Å². The Hall–Kier alpha value is -2.22. The second-order valence-corrected chi connectivity index (χ2v) is 10.3. The van der Waals surface area contributed by atoms with Gasteiger partial charge in [0.15, 0.2) is 0 Å². The first kappa shape index (κ1) is 20.1. The molecule has 4 rings (SSSR count). The third-order valence-corrected chi connectivity index (χ3v) is 8.67. The molecule has 0 bridgehead atoms. The Morgan fingerprint density at radius 2 is 1.66 bits per heavy atom. The Morgan fingerprint density at radius 3 is 2.31 bits per heavy atom. The number of thiophene rings is 1. The number of anilines is 1. The van der Waals surface area contributed by atoms with Crippen LogP contribution in [0.5, 0.6) is 0 Å². The highest BCUT2D eigenvalue weighted by atomic mass is 32.2. The average molecular weight is 429 g/mol. The number of piperidine rings is 1. The molecule has 152 valence electrons. The molecule has 29 heavy (non-hydrogen) atoms. The number of aryl methyl sites for hydroxylation is 2. The van der Waals surface area contributed by atoms with E-state index in [2.05, 4.69) is 0 Å². The van der Waals surface area contributed by atoms with Gasteiger partial charge in [-0.05, 0) is 36.4 Å². The molecule has 1 fully saturated rings. The number of hydrogen-bond acceptors (Lipinski definition) is 4. The van der Waals surface area contributed by atoms with Crippen LogP contribution < -0.4 is 4.31 Å². The van der Waals surface area contributed by atoms with Gasteiger partial charge in [0.1, 0.15) is 10.8 Å². The lowest BCUT2D eigenvalue weighted by atomic mass is 10.1. The molecule has 0 N–H and O–H groups in total. The molecule has 0 amide bonds. The van der Waals surface area contributed by atoms with Crippen LogP contribution in [0.25, 0.3) is 10.1 Å². The molecule has 3 aromatic rings. The average Bonchev–Trinajstić information content (AvgIpc) is 3.04. The molecular formula is C22H24N2O3S2. The van der Waals surface area contributed by atoms with Crippen molar-refractivity contribution in [2.24, 2.45) is 0 Å². The minimum absolute atomic E-state index is 0.125. The summed E-state index contributed by atoms with van der Waals surface area (Å²) in [5.74, 6) is 0.125. The molecule has 2 aromatic carbocycles. The van der Waals surface area contributed by atoms with Crippen LogP contribution in [0.3, 0.4) is 0 Å². The highest BCUT2D eigenvalue weighted by Crippen LogP contribution is 2.40. The summed E-state index contributed by atoms with van der Waals surface area (Å²) in [5, 5.41) is 1.81. The molecule has 7 heteroatoms. The van der Waals surface area contributed by atoms with Crippen LogP contribution in [0, 0.1) is 13.8 Å². The van der Waals surface area contributed by atoms with Crippen LogP contribution in [-0.2, 0) is 21.5 Å². The first-order chi connectivity index (χ1) is 13.9. The fourth-order valence-corrected chi connectivity index (χ4v) is 6.71. The van der Waals surface area contributed by atoms with E-state index < -0.39 is 10.2 Å². The van der Waals surface area contributed by atoms with Gasteiger partial charge >= 0.3 is 10.2 Å². The lowest BCUT2D eigenvalue weighted by Crippen LogP contribution is -2.47. The van der Waals surface area contributed by atoms with E-state index in [1.54, 1.807) is 0 Å². The Bertz CT molecular complexity index is 1140. The zero-order chi connectivity index (χ0) is 20.6. The molecule has 0 aliphatic carbocycles. The summed E-state index contributed by atoms with van der Waals surface area (Å²) in [5.41, 5.74) is 3.04. The second kappa shape index (κ2) is 7.89. The van der Waals surface area contributed by atoms with E-state index in [9.17, 15) is 13.2 Å². The van der Waals surface area contributed by atoms with Gasteiger partial charge in [-0.25, -0.2) is 4.31 Å². The normalized spacial score (nSPS) is 15.7.